The van der Waals surface area contributed by atoms with Crippen molar-refractivity contribution < 1.29 is 0 Å². The Bertz CT molecular complexity index is 730. The van der Waals surface area contributed by atoms with Gasteiger partial charge in [0.1, 0.15) is 0 Å². The van der Waals surface area contributed by atoms with Gasteiger partial charge in [0, 0.05) is 45.5 Å². The van der Waals surface area contributed by atoms with Crippen molar-refractivity contribution in [3.63, 3.8) is 0 Å². The Hall–Kier alpha value is -1.30. The van der Waals surface area contributed by atoms with E-state index in [0.717, 1.165) is 43.8 Å². The Morgan fingerprint density at radius 1 is 1.00 bits per heavy atom. The third kappa shape index (κ3) is 4.58. The average molecular weight is 387 g/mol. The Morgan fingerprint density at radius 2 is 1.63 bits per heavy atom. The van der Waals surface area contributed by atoms with Crippen LogP contribution in [0.1, 0.15) is 38.8 Å². The lowest BCUT2D eigenvalue weighted by atomic mass is 9.91. The van der Waals surface area contributed by atoms with E-state index in [0.29, 0.717) is 0 Å². The highest BCUT2D eigenvalue weighted by atomic mass is 32.2. The van der Waals surface area contributed by atoms with E-state index in [2.05, 4.69) is 80.6 Å². The van der Waals surface area contributed by atoms with Crippen LogP contribution in [0.2, 0.25) is 0 Å². The van der Waals surface area contributed by atoms with Gasteiger partial charge in [0.05, 0.1) is 11.4 Å². The highest BCUT2D eigenvalue weighted by Crippen LogP contribution is 2.33. The van der Waals surface area contributed by atoms with Crippen LogP contribution in [0, 0.1) is 6.92 Å². The molecule has 0 aliphatic carbocycles. The first-order chi connectivity index (χ1) is 12.8. The topological polar surface area (TPSA) is 22.1 Å². The number of rotatable bonds is 4. The number of allylic oxidation sites excluding steroid dienone is 1. The first kappa shape index (κ1) is 20.4. The van der Waals surface area contributed by atoms with Crippen LogP contribution in [0.25, 0.3) is 0 Å². The van der Waals surface area contributed by atoms with Crippen LogP contribution in [-0.4, -0.2) is 64.5 Å². The minimum atomic E-state index is 0.0421. The lowest BCUT2D eigenvalue weighted by molar-refractivity contribution is 0.143. The highest BCUT2D eigenvalue weighted by molar-refractivity contribution is 8.13. The molecule has 2 aliphatic rings. The maximum Gasteiger partial charge on any atom is 0.165 e. The molecule has 1 aromatic carbocycles. The average Bonchev–Trinajstić information content (AvgIpc) is 2.65. The Labute approximate surface area is 169 Å². The molecule has 0 amide bonds. The van der Waals surface area contributed by atoms with Crippen molar-refractivity contribution in [1.29, 1.82) is 0 Å². The number of benzene rings is 1. The normalized spacial score (nSPS) is 21.6. The summed E-state index contributed by atoms with van der Waals surface area (Å²) in [5, 5.41) is 1.14. The van der Waals surface area contributed by atoms with Crippen LogP contribution >= 0.6 is 11.8 Å². The maximum absolute atomic E-state index is 4.85. The van der Waals surface area contributed by atoms with Gasteiger partial charge in [-0.05, 0) is 51.3 Å². The Kier molecular flexibility index (Phi) is 6.34. The van der Waals surface area contributed by atoms with Gasteiger partial charge in [-0.3, -0.25) is 9.80 Å². The van der Waals surface area contributed by atoms with E-state index in [1.165, 1.54) is 22.4 Å². The molecular formula is C22H34N4S. The third-order valence-electron chi connectivity index (χ3n) is 6.35. The van der Waals surface area contributed by atoms with Crippen LogP contribution in [0.15, 0.2) is 40.5 Å². The summed E-state index contributed by atoms with van der Waals surface area (Å²) in [4.78, 5) is 12.3. The van der Waals surface area contributed by atoms with E-state index in [4.69, 9.17) is 4.99 Å². The lowest BCUT2D eigenvalue weighted by Gasteiger charge is -2.42. The summed E-state index contributed by atoms with van der Waals surface area (Å²) < 4.78 is 0. The van der Waals surface area contributed by atoms with E-state index >= 15 is 0 Å². The molecule has 5 heteroatoms. The van der Waals surface area contributed by atoms with E-state index in [1.807, 2.05) is 11.8 Å². The minimum absolute atomic E-state index is 0.0421. The molecule has 1 aromatic rings. The number of piperazine rings is 1. The largest absolute Gasteiger partial charge is 0.345 e. The number of amidine groups is 1. The molecule has 4 nitrogen and oxygen atoms in total. The van der Waals surface area contributed by atoms with E-state index in [9.17, 15) is 0 Å². The van der Waals surface area contributed by atoms with E-state index in [-0.39, 0.29) is 5.54 Å². The fraction of sp³-hybridized carbons (Fsp3) is 0.591. The Morgan fingerprint density at radius 3 is 2.30 bits per heavy atom. The van der Waals surface area contributed by atoms with Gasteiger partial charge in [0.15, 0.2) is 5.17 Å². The molecule has 0 spiro atoms. The van der Waals surface area contributed by atoms with Crippen LogP contribution in [0.5, 0.6) is 0 Å². The van der Waals surface area contributed by atoms with Crippen molar-refractivity contribution in [2.24, 2.45) is 4.99 Å². The Balaban J connectivity index is 1.50. The van der Waals surface area contributed by atoms with Crippen molar-refractivity contribution in [3.8, 4) is 0 Å². The molecule has 2 aliphatic heterocycles. The van der Waals surface area contributed by atoms with Crippen molar-refractivity contribution in [2.75, 3.05) is 39.1 Å². The van der Waals surface area contributed by atoms with Crippen LogP contribution in [0.4, 0.5) is 0 Å². The number of aliphatic imine (C=N–C) groups is 1. The minimum Gasteiger partial charge on any atom is -0.345 e. The number of hydrogen-bond acceptors (Lipinski definition) is 5. The molecule has 0 bridgehead atoms. The second-order valence-electron chi connectivity index (χ2n) is 8.32. The molecule has 0 radical (unpaired) electrons. The van der Waals surface area contributed by atoms with Crippen molar-refractivity contribution in [3.05, 3.63) is 46.7 Å². The number of aryl methyl sites for hydroxylation is 1. The second kappa shape index (κ2) is 8.38. The summed E-state index contributed by atoms with van der Waals surface area (Å²) in [7, 11) is 2.17. The molecule has 0 unspecified atom stereocenters. The highest BCUT2D eigenvalue weighted by Gasteiger charge is 2.33. The first-order valence-corrected chi connectivity index (χ1v) is 10.9. The van der Waals surface area contributed by atoms with Gasteiger partial charge in [-0.25, -0.2) is 4.99 Å². The monoisotopic (exact) mass is 386 g/mol. The molecule has 0 N–H and O–H groups in total. The lowest BCUT2D eigenvalue weighted by Crippen LogP contribution is -2.49. The molecule has 0 saturated carbocycles. The molecule has 1 fully saturated rings. The van der Waals surface area contributed by atoms with Crippen LogP contribution < -0.4 is 0 Å². The van der Waals surface area contributed by atoms with Crippen molar-refractivity contribution in [1.82, 2.24) is 14.7 Å². The van der Waals surface area contributed by atoms with Gasteiger partial charge in [0.2, 0.25) is 0 Å². The van der Waals surface area contributed by atoms with Crippen molar-refractivity contribution >= 4 is 16.9 Å². The van der Waals surface area contributed by atoms with Gasteiger partial charge in [-0.1, -0.05) is 36.0 Å². The van der Waals surface area contributed by atoms with E-state index < -0.39 is 0 Å². The summed E-state index contributed by atoms with van der Waals surface area (Å²) in [5.74, 6) is 1.02. The van der Waals surface area contributed by atoms with Gasteiger partial charge >= 0.3 is 0 Å². The first-order valence-electron chi connectivity index (χ1n) is 9.91. The summed E-state index contributed by atoms with van der Waals surface area (Å²) >= 11 is 1.88. The molecule has 0 atom stereocenters. The summed E-state index contributed by atoms with van der Waals surface area (Å²) in [5.41, 5.74) is 5.43. The van der Waals surface area contributed by atoms with Gasteiger partial charge in [-0.2, -0.15) is 0 Å². The zero-order valence-electron chi connectivity index (χ0n) is 17.7. The molecule has 3 rings (SSSR count). The fourth-order valence-corrected chi connectivity index (χ4v) is 4.80. The van der Waals surface area contributed by atoms with E-state index in [1.54, 1.807) is 0 Å². The molecule has 148 valence electrons. The fourth-order valence-electron chi connectivity index (χ4n) is 3.62. The maximum atomic E-state index is 4.85. The second-order valence-corrected chi connectivity index (χ2v) is 9.23. The summed E-state index contributed by atoms with van der Waals surface area (Å²) in [6.45, 7) is 16.7. The number of hydrogen-bond donors (Lipinski definition) is 0. The number of likely N-dealkylation sites (N-methyl/N-ethyl adjacent to an activating group) is 1. The van der Waals surface area contributed by atoms with Crippen LogP contribution in [0.3, 0.4) is 0 Å². The smallest absolute Gasteiger partial charge is 0.165 e. The number of nitrogens with zero attached hydrogens (tertiary/aromatic N) is 4. The van der Waals surface area contributed by atoms with Gasteiger partial charge < -0.3 is 4.90 Å². The quantitative estimate of drug-likeness (QED) is 0.774. The molecule has 0 aromatic heterocycles. The van der Waals surface area contributed by atoms with Crippen LogP contribution in [-0.2, 0) is 6.54 Å². The summed E-state index contributed by atoms with van der Waals surface area (Å²) in [6, 6.07) is 8.74. The number of thioether (sulfide) groups is 1. The predicted octanol–water partition coefficient (Wildman–Crippen LogP) is 4.18. The van der Waals surface area contributed by atoms with Crippen molar-refractivity contribution in [2.45, 2.75) is 46.7 Å². The molecule has 1 saturated heterocycles. The SMILES string of the molecule is CC1=C(C)C(C)(C)N(C)C(SCN2CCN(Cc3ccccc3C)CC2)=N1. The van der Waals surface area contributed by atoms with Gasteiger partial charge in [-0.15, -0.1) is 0 Å². The molecular weight excluding hydrogens is 352 g/mol. The standard InChI is InChI=1S/C22H34N4S/c1-17-9-7-8-10-20(17)15-25-11-13-26(14-12-25)16-27-21-23-19(3)18(2)22(4,5)24(21)6/h7-10H,11-16H2,1-6H3. The summed E-state index contributed by atoms with van der Waals surface area (Å²) in [6.07, 6.45) is 0. The molecule has 27 heavy (non-hydrogen) atoms. The molecule has 2 heterocycles. The van der Waals surface area contributed by atoms with Gasteiger partial charge in [0.25, 0.3) is 0 Å². The zero-order valence-corrected chi connectivity index (χ0v) is 18.6. The zero-order chi connectivity index (χ0) is 19.6. The third-order valence-corrected chi connectivity index (χ3v) is 7.46. The predicted molar refractivity (Wildman–Crippen MR) is 118 cm³/mol.